The Kier molecular flexibility index (Phi) is 4.34. The highest BCUT2D eigenvalue weighted by molar-refractivity contribution is 5.93. The van der Waals surface area contributed by atoms with Gasteiger partial charge in [0, 0.05) is 30.4 Å². The molecule has 0 aliphatic carbocycles. The molecule has 1 aromatic heterocycles. The molecule has 0 radical (unpaired) electrons. The van der Waals surface area contributed by atoms with Crippen LogP contribution in [0.1, 0.15) is 17.4 Å². The van der Waals surface area contributed by atoms with Crippen LogP contribution in [0.25, 0.3) is 0 Å². The molecular formula is C18H21N5O3. The molecule has 0 saturated carbocycles. The largest absolute Gasteiger partial charge is 0.497 e. The molecular weight excluding hydrogens is 334 g/mol. The third-order valence-electron chi connectivity index (χ3n) is 4.50. The van der Waals surface area contributed by atoms with E-state index in [2.05, 4.69) is 15.2 Å². The number of hydrogen-bond donors (Lipinski definition) is 1. The maximum absolute atomic E-state index is 12.7. The SMILES string of the molecule is COc1cccc(C2N=C(N3CCOCC3)Nc3nc(C)cc(=O)n32)c1. The fraction of sp³-hybridized carbons (Fsp3) is 0.389. The summed E-state index contributed by atoms with van der Waals surface area (Å²) in [5.74, 6) is 1.93. The van der Waals surface area contributed by atoms with Gasteiger partial charge in [0.25, 0.3) is 5.56 Å². The summed E-state index contributed by atoms with van der Waals surface area (Å²) >= 11 is 0. The Hall–Kier alpha value is -2.87. The minimum atomic E-state index is -0.500. The van der Waals surface area contributed by atoms with E-state index in [1.807, 2.05) is 31.2 Å². The number of nitrogens with one attached hydrogen (secondary N) is 1. The van der Waals surface area contributed by atoms with Crippen molar-refractivity contribution >= 4 is 11.9 Å². The molecule has 0 amide bonds. The van der Waals surface area contributed by atoms with Crippen molar-refractivity contribution in [2.24, 2.45) is 4.99 Å². The summed E-state index contributed by atoms with van der Waals surface area (Å²) in [5.41, 5.74) is 1.39. The van der Waals surface area contributed by atoms with Gasteiger partial charge >= 0.3 is 0 Å². The molecule has 3 heterocycles. The van der Waals surface area contributed by atoms with E-state index >= 15 is 0 Å². The van der Waals surface area contributed by atoms with Crippen LogP contribution in [-0.4, -0.2) is 53.8 Å². The Morgan fingerprint density at radius 1 is 1.27 bits per heavy atom. The fourth-order valence-corrected chi connectivity index (χ4v) is 3.20. The van der Waals surface area contributed by atoms with E-state index < -0.39 is 6.17 Å². The summed E-state index contributed by atoms with van der Waals surface area (Å²) < 4.78 is 12.3. The number of anilines is 1. The van der Waals surface area contributed by atoms with Crippen molar-refractivity contribution in [3.05, 3.63) is 51.9 Å². The summed E-state index contributed by atoms with van der Waals surface area (Å²) in [7, 11) is 1.62. The molecule has 2 aliphatic rings. The summed E-state index contributed by atoms with van der Waals surface area (Å²) in [6.45, 7) is 4.60. The lowest BCUT2D eigenvalue weighted by Gasteiger charge is -2.34. The highest BCUT2D eigenvalue weighted by Gasteiger charge is 2.28. The third-order valence-corrected chi connectivity index (χ3v) is 4.50. The van der Waals surface area contributed by atoms with Gasteiger partial charge in [0.1, 0.15) is 5.75 Å². The van der Waals surface area contributed by atoms with Gasteiger partial charge in [0.05, 0.1) is 20.3 Å². The predicted octanol–water partition coefficient (Wildman–Crippen LogP) is 1.22. The van der Waals surface area contributed by atoms with Gasteiger partial charge in [-0.1, -0.05) is 12.1 Å². The highest BCUT2D eigenvalue weighted by Crippen LogP contribution is 2.28. The Balaban J connectivity index is 1.83. The lowest BCUT2D eigenvalue weighted by Crippen LogP contribution is -2.47. The zero-order chi connectivity index (χ0) is 18.1. The number of aliphatic imine (C=N–C) groups is 1. The van der Waals surface area contributed by atoms with Gasteiger partial charge in [-0.15, -0.1) is 0 Å². The van der Waals surface area contributed by atoms with E-state index in [9.17, 15) is 4.79 Å². The van der Waals surface area contributed by atoms with Gasteiger partial charge in [-0.3, -0.25) is 14.7 Å². The number of nitrogens with zero attached hydrogens (tertiary/aromatic N) is 4. The zero-order valence-electron chi connectivity index (χ0n) is 14.8. The molecule has 4 rings (SSSR count). The average Bonchev–Trinajstić information content (AvgIpc) is 2.67. The van der Waals surface area contributed by atoms with Crippen LogP contribution in [0.2, 0.25) is 0 Å². The molecule has 8 nitrogen and oxygen atoms in total. The van der Waals surface area contributed by atoms with Crippen LogP contribution in [0.15, 0.2) is 40.1 Å². The van der Waals surface area contributed by atoms with Crippen LogP contribution in [0.4, 0.5) is 5.95 Å². The summed E-state index contributed by atoms with van der Waals surface area (Å²) in [6.07, 6.45) is -0.500. The van der Waals surface area contributed by atoms with Crippen LogP contribution in [0.3, 0.4) is 0 Å². The van der Waals surface area contributed by atoms with Crippen molar-refractivity contribution in [2.75, 3.05) is 38.7 Å². The van der Waals surface area contributed by atoms with Crippen molar-refractivity contribution in [3.63, 3.8) is 0 Å². The topological polar surface area (TPSA) is 81.0 Å². The average molecular weight is 355 g/mol. The maximum Gasteiger partial charge on any atom is 0.257 e. The molecule has 1 N–H and O–H groups in total. The van der Waals surface area contributed by atoms with Crippen molar-refractivity contribution < 1.29 is 9.47 Å². The van der Waals surface area contributed by atoms with Crippen LogP contribution >= 0.6 is 0 Å². The number of guanidine groups is 1. The predicted molar refractivity (Wildman–Crippen MR) is 97.8 cm³/mol. The number of fused-ring (bicyclic) bond motifs is 1. The Bertz CT molecular complexity index is 902. The molecule has 1 atom stereocenters. The molecule has 1 saturated heterocycles. The quantitative estimate of drug-likeness (QED) is 0.872. The first-order valence-corrected chi connectivity index (χ1v) is 8.57. The zero-order valence-corrected chi connectivity index (χ0v) is 14.8. The van der Waals surface area contributed by atoms with Crippen molar-refractivity contribution in [3.8, 4) is 5.75 Å². The lowest BCUT2D eigenvalue weighted by molar-refractivity contribution is 0.0675. The minimum absolute atomic E-state index is 0.141. The number of hydrogen-bond acceptors (Lipinski definition) is 7. The normalized spacial score (nSPS) is 19.4. The monoisotopic (exact) mass is 355 g/mol. The summed E-state index contributed by atoms with van der Waals surface area (Å²) in [6, 6.07) is 9.12. The standard InChI is InChI=1S/C18H21N5O3/c1-12-10-15(24)23-16(13-4-3-5-14(11-13)25-2)20-17(21-18(23)19-12)22-6-8-26-9-7-22/h3-5,10-11,16H,6-9H2,1-2H3,(H,19,20,21). The number of ether oxygens (including phenoxy) is 2. The van der Waals surface area contributed by atoms with Gasteiger partial charge in [-0.2, -0.15) is 0 Å². The second-order valence-electron chi connectivity index (χ2n) is 6.26. The second kappa shape index (κ2) is 6.80. The van der Waals surface area contributed by atoms with Gasteiger partial charge in [0.2, 0.25) is 11.9 Å². The number of methoxy groups -OCH3 is 1. The van der Waals surface area contributed by atoms with Crippen molar-refractivity contribution in [1.29, 1.82) is 0 Å². The maximum atomic E-state index is 12.7. The first-order chi connectivity index (χ1) is 12.7. The van der Waals surface area contributed by atoms with E-state index in [4.69, 9.17) is 14.5 Å². The molecule has 2 aromatic rings. The number of aromatic nitrogens is 2. The Morgan fingerprint density at radius 2 is 2.08 bits per heavy atom. The smallest absolute Gasteiger partial charge is 0.257 e. The van der Waals surface area contributed by atoms with Gasteiger partial charge in [-0.25, -0.2) is 9.98 Å². The van der Waals surface area contributed by atoms with E-state index in [0.29, 0.717) is 30.8 Å². The van der Waals surface area contributed by atoms with Crippen molar-refractivity contribution in [1.82, 2.24) is 14.5 Å². The number of rotatable bonds is 2. The molecule has 1 unspecified atom stereocenters. The Labute approximate surface area is 151 Å². The molecule has 1 fully saturated rings. The second-order valence-corrected chi connectivity index (χ2v) is 6.26. The number of benzene rings is 1. The summed E-state index contributed by atoms with van der Waals surface area (Å²) in [4.78, 5) is 24.1. The van der Waals surface area contributed by atoms with E-state index in [-0.39, 0.29) is 5.56 Å². The number of morpholine rings is 1. The Morgan fingerprint density at radius 3 is 2.85 bits per heavy atom. The van der Waals surface area contributed by atoms with Crippen LogP contribution in [-0.2, 0) is 4.74 Å². The van der Waals surface area contributed by atoms with Gasteiger partial charge in [-0.05, 0) is 19.1 Å². The van der Waals surface area contributed by atoms with E-state index in [0.717, 1.165) is 24.4 Å². The van der Waals surface area contributed by atoms with Gasteiger partial charge in [0.15, 0.2) is 6.17 Å². The first kappa shape index (κ1) is 16.6. The molecule has 136 valence electrons. The highest BCUT2D eigenvalue weighted by atomic mass is 16.5. The van der Waals surface area contributed by atoms with Crippen molar-refractivity contribution in [2.45, 2.75) is 13.1 Å². The first-order valence-electron chi connectivity index (χ1n) is 8.57. The van der Waals surface area contributed by atoms with Crippen LogP contribution in [0, 0.1) is 6.92 Å². The molecule has 1 aromatic carbocycles. The minimum Gasteiger partial charge on any atom is -0.497 e. The van der Waals surface area contributed by atoms with Crippen LogP contribution < -0.4 is 15.6 Å². The van der Waals surface area contributed by atoms with E-state index in [1.54, 1.807) is 11.7 Å². The molecule has 26 heavy (non-hydrogen) atoms. The summed E-state index contributed by atoms with van der Waals surface area (Å²) in [5, 5.41) is 3.22. The molecule has 0 spiro atoms. The lowest BCUT2D eigenvalue weighted by atomic mass is 10.1. The molecule has 2 aliphatic heterocycles. The van der Waals surface area contributed by atoms with Crippen LogP contribution in [0.5, 0.6) is 5.75 Å². The third kappa shape index (κ3) is 3.03. The fourth-order valence-electron chi connectivity index (χ4n) is 3.20. The molecule has 0 bridgehead atoms. The van der Waals surface area contributed by atoms with Gasteiger partial charge < -0.3 is 14.4 Å². The molecule has 8 heteroatoms. The van der Waals surface area contributed by atoms with E-state index in [1.165, 1.54) is 6.07 Å². The number of aryl methyl sites for hydroxylation is 1.